The molecule has 0 spiro atoms. The summed E-state index contributed by atoms with van der Waals surface area (Å²) in [6.45, 7) is 5.12. The van der Waals surface area contributed by atoms with E-state index >= 15 is 4.39 Å². The van der Waals surface area contributed by atoms with Crippen molar-refractivity contribution in [2.75, 3.05) is 20.3 Å². The Labute approximate surface area is 236 Å². The Bertz CT molecular complexity index is 1640. The van der Waals surface area contributed by atoms with Crippen molar-refractivity contribution in [1.29, 1.82) is 0 Å². The molecular formula is C31H29FN4O3S. The molecule has 0 amide bonds. The summed E-state index contributed by atoms with van der Waals surface area (Å²) < 4.78 is 32.9. The number of fused-ring (bicyclic) bond motifs is 1. The number of tetrazole rings is 1. The SMILES string of the molecule is CC#CC(Cc1nn[nH]n1)c1ccc(OCc2ccc3sc(F)c(-c4ccc(OCCOC)cc4C)c3c2)cc1. The van der Waals surface area contributed by atoms with Crippen molar-refractivity contribution in [3.05, 3.63) is 88.3 Å². The number of nitrogens with one attached hydrogen (secondary N) is 1. The zero-order chi connectivity index (χ0) is 27.9. The number of ether oxygens (including phenoxy) is 3. The number of nitrogens with zero attached hydrogens (tertiary/aromatic N) is 3. The molecule has 2 aromatic heterocycles. The molecule has 1 atom stereocenters. The number of benzene rings is 3. The molecule has 0 aliphatic heterocycles. The van der Waals surface area contributed by atoms with Crippen LogP contribution in [0.25, 0.3) is 21.2 Å². The van der Waals surface area contributed by atoms with Gasteiger partial charge in [-0.1, -0.05) is 35.4 Å². The van der Waals surface area contributed by atoms with E-state index in [-0.39, 0.29) is 11.0 Å². The number of hydrogen-bond acceptors (Lipinski definition) is 7. The van der Waals surface area contributed by atoms with Crippen molar-refractivity contribution >= 4 is 21.4 Å². The molecule has 1 N–H and O–H groups in total. The molecule has 5 rings (SSSR count). The summed E-state index contributed by atoms with van der Waals surface area (Å²) in [5.41, 5.74) is 4.41. The minimum Gasteiger partial charge on any atom is -0.491 e. The summed E-state index contributed by atoms with van der Waals surface area (Å²) in [5.74, 6) is 8.26. The molecule has 0 aliphatic rings. The quantitative estimate of drug-likeness (QED) is 0.148. The Morgan fingerprint density at radius 1 is 1.00 bits per heavy atom. The largest absolute Gasteiger partial charge is 0.491 e. The van der Waals surface area contributed by atoms with Gasteiger partial charge in [0, 0.05) is 29.2 Å². The van der Waals surface area contributed by atoms with Crippen molar-refractivity contribution in [3.8, 4) is 34.5 Å². The second-order valence-corrected chi connectivity index (χ2v) is 10.2. The van der Waals surface area contributed by atoms with Crippen LogP contribution >= 0.6 is 11.3 Å². The molecule has 5 aromatic rings. The van der Waals surface area contributed by atoms with Gasteiger partial charge in [-0.2, -0.15) is 9.60 Å². The van der Waals surface area contributed by atoms with Gasteiger partial charge >= 0.3 is 0 Å². The molecule has 0 saturated carbocycles. The predicted molar refractivity (Wildman–Crippen MR) is 154 cm³/mol. The fraction of sp³-hybridized carbons (Fsp3) is 0.258. The zero-order valence-electron chi connectivity index (χ0n) is 22.5. The summed E-state index contributed by atoms with van der Waals surface area (Å²) in [6.07, 6.45) is 0.570. The highest BCUT2D eigenvalue weighted by Gasteiger charge is 2.17. The van der Waals surface area contributed by atoms with E-state index in [1.54, 1.807) is 7.11 Å². The van der Waals surface area contributed by atoms with Crippen molar-refractivity contribution in [1.82, 2.24) is 20.6 Å². The summed E-state index contributed by atoms with van der Waals surface area (Å²) >= 11 is 1.15. The Hall–Kier alpha value is -4.26. The van der Waals surface area contributed by atoms with Crippen LogP contribution in [0.4, 0.5) is 4.39 Å². The fourth-order valence-electron chi connectivity index (χ4n) is 4.55. The molecule has 0 aliphatic carbocycles. The van der Waals surface area contributed by atoms with Crippen molar-refractivity contribution in [2.45, 2.75) is 32.8 Å². The number of aryl methyl sites for hydroxylation is 1. The van der Waals surface area contributed by atoms with E-state index in [1.807, 2.05) is 74.5 Å². The lowest BCUT2D eigenvalue weighted by atomic mass is 9.96. The molecule has 0 bridgehead atoms. The monoisotopic (exact) mass is 556 g/mol. The lowest BCUT2D eigenvalue weighted by Gasteiger charge is -2.12. The predicted octanol–water partition coefficient (Wildman–Crippen LogP) is 6.48. The number of hydrogen-bond donors (Lipinski definition) is 1. The van der Waals surface area contributed by atoms with Gasteiger partial charge in [0.2, 0.25) is 0 Å². The molecule has 3 aromatic carbocycles. The van der Waals surface area contributed by atoms with E-state index in [9.17, 15) is 0 Å². The van der Waals surface area contributed by atoms with Gasteiger partial charge in [0.1, 0.15) is 24.7 Å². The molecule has 204 valence electrons. The van der Waals surface area contributed by atoms with Gasteiger partial charge in [-0.25, -0.2) is 0 Å². The topological polar surface area (TPSA) is 82.2 Å². The molecule has 0 fully saturated rings. The Balaban J connectivity index is 1.31. The number of halogens is 1. The molecular weight excluding hydrogens is 527 g/mol. The Morgan fingerprint density at radius 3 is 2.55 bits per heavy atom. The van der Waals surface area contributed by atoms with Gasteiger partial charge in [-0.05, 0) is 72.5 Å². The normalized spacial score (nSPS) is 11.7. The number of methoxy groups -OCH3 is 1. The Morgan fingerprint density at radius 2 is 1.82 bits per heavy atom. The van der Waals surface area contributed by atoms with Crippen molar-refractivity contribution in [3.63, 3.8) is 0 Å². The van der Waals surface area contributed by atoms with Crippen molar-refractivity contribution in [2.24, 2.45) is 0 Å². The smallest absolute Gasteiger partial charge is 0.185 e. The lowest BCUT2D eigenvalue weighted by Crippen LogP contribution is -2.04. The van der Waals surface area contributed by atoms with E-state index < -0.39 is 0 Å². The summed E-state index contributed by atoms with van der Waals surface area (Å²) in [6, 6.07) is 19.6. The molecule has 7 nitrogen and oxygen atoms in total. The molecule has 1 unspecified atom stereocenters. The molecule has 0 radical (unpaired) electrons. The number of thiophene rings is 1. The van der Waals surface area contributed by atoms with Crippen molar-refractivity contribution < 1.29 is 18.6 Å². The van der Waals surface area contributed by atoms with E-state index in [1.165, 1.54) is 0 Å². The van der Waals surface area contributed by atoms with Crippen LogP contribution in [0.2, 0.25) is 0 Å². The molecule has 40 heavy (non-hydrogen) atoms. The van der Waals surface area contributed by atoms with Gasteiger partial charge < -0.3 is 14.2 Å². The summed E-state index contributed by atoms with van der Waals surface area (Å²) in [7, 11) is 1.64. The van der Waals surface area contributed by atoms with Crippen LogP contribution in [-0.2, 0) is 17.8 Å². The number of rotatable bonds is 11. The van der Waals surface area contributed by atoms with Crippen LogP contribution in [-0.4, -0.2) is 40.9 Å². The summed E-state index contributed by atoms with van der Waals surface area (Å²) in [4.78, 5) is 0. The first-order valence-electron chi connectivity index (χ1n) is 12.9. The minimum absolute atomic E-state index is 0.0413. The van der Waals surface area contributed by atoms with E-state index in [0.717, 1.165) is 55.2 Å². The second-order valence-electron chi connectivity index (χ2n) is 9.24. The highest BCUT2D eigenvalue weighted by Crippen LogP contribution is 2.40. The zero-order valence-corrected chi connectivity index (χ0v) is 23.3. The van der Waals surface area contributed by atoms with Crippen LogP contribution in [0.15, 0.2) is 60.7 Å². The first kappa shape index (κ1) is 27.3. The average Bonchev–Trinajstić information content (AvgIpc) is 3.59. The first-order valence-corrected chi connectivity index (χ1v) is 13.7. The molecule has 0 saturated heterocycles. The standard InChI is InChI=1S/C31H29FN4O3S/c1-4-5-23(18-29-33-35-36-34-29)22-7-9-24(10-8-22)39-19-21-6-13-28-27(17-21)30(31(32)40-28)26-12-11-25(16-20(26)2)38-15-14-37-3/h6-13,16-17,23H,14-15,18-19H2,1-3H3,(H,33,34,35,36). The second kappa shape index (κ2) is 12.7. The highest BCUT2D eigenvalue weighted by atomic mass is 32.1. The first-order chi connectivity index (χ1) is 19.6. The van der Waals surface area contributed by atoms with Crippen LogP contribution in [0, 0.1) is 23.9 Å². The third-order valence-corrected chi connectivity index (χ3v) is 7.47. The Kier molecular flexibility index (Phi) is 8.69. The molecule has 9 heteroatoms. The van der Waals surface area contributed by atoms with Crippen LogP contribution in [0.3, 0.4) is 0 Å². The van der Waals surface area contributed by atoms with Gasteiger partial charge in [-0.3, -0.25) is 0 Å². The van der Waals surface area contributed by atoms with E-state index in [4.69, 9.17) is 14.2 Å². The maximum absolute atomic E-state index is 15.2. The maximum atomic E-state index is 15.2. The number of H-pyrrole nitrogens is 1. The lowest BCUT2D eigenvalue weighted by molar-refractivity contribution is 0.146. The third-order valence-electron chi connectivity index (χ3n) is 6.52. The third kappa shape index (κ3) is 6.30. The average molecular weight is 557 g/mol. The number of aromatic amines is 1. The van der Waals surface area contributed by atoms with E-state index in [0.29, 0.717) is 37.6 Å². The fourth-order valence-corrected chi connectivity index (χ4v) is 5.47. The van der Waals surface area contributed by atoms with Crippen LogP contribution in [0.5, 0.6) is 11.5 Å². The van der Waals surface area contributed by atoms with Crippen LogP contribution < -0.4 is 9.47 Å². The summed E-state index contributed by atoms with van der Waals surface area (Å²) in [5, 5.41) is 14.9. The van der Waals surface area contributed by atoms with E-state index in [2.05, 4.69) is 32.5 Å². The molecule has 2 heterocycles. The van der Waals surface area contributed by atoms with Gasteiger partial charge in [-0.15, -0.1) is 27.5 Å². The number of aromatic nitrogens is 4. The van der Waals surface area contributed by atoms with Gasteiger partial charge in [0.05, 0.1) is 12.5 Å². The van der Waals surface area contributed by atoms with Gasteiger partial charge in [0.25, 0.3) is 0 Å². The van der Waals surface area contributed by atoms with Crippen LogP contribution in [0.1, 0.15) is 35.4 Å². The minimum atomic E-state index is -0.203. The highest BCUT2D eigenvalue weighted by molar-refractivity contribution is 7.18. The maximum Gasteiger partial charge on any atom is 0.185 e. The van der Waals surface area contributed by atoms with Gasteiger partial charge in [0.15, 0.2) is 11.0 Å².